The summed E-state index contributed by atoms with van der Waals surface area (Å²) in [5.74, 6) is 1.30. The third kappa shape index (κ3) is 6.73. The minimum Gasteiger partial charge on any atom is -0.493 e. The number of rotatable bonds is 11. The molecular formula is C21H31N3O3. The molecule has 0 radical (unpaired) electrons. The maximum absolute atomic E-state index is 10.1. The van der Waals surface area contributed by atoms with E-state index in [1.54, 1.807) is 7.11 Å². The monoisotopic (exact) mass is 373 g/mol. The van der Waals surface area contributed by atoms with Crippen LogP contribution in [0.15, 0.2) is 30.3 Å². The molecule has 0 fully saturated rings. The lowest BCUT2D eigenvalue weighted by atomic mass is 10.2. The summed E-state index contributed by atoms with van der Waals surface area (Å²) in [6.45, 7) is 8.41. The number of aliphatic hydroxyl groups excluding tert-OH is 1. The quantitative estimate of drug-likeness (QED) is 0.593. The summed E-state index contributed by atoms with van der Waals surface area (Å²) < 4.78 is 13.1. The van der Waals surface area contributed by atoms with Gasteiger partial charge < -0.3 is 19.9 Å². The number of nitrogens with one attached hydrogen (secondary N) is 1. The van der Waals surface area contributed by atoms with Gasteiger partial charge in [-0.1, -0.05) is 18.2 Å². The number of aryl methyl sites for hydroxylation is 3. The summed E-state index contributed by atoms with van der Waals surface area (Å²) in [6.07, 6.45) is 4.34. The fraction of sp³-hybridized carbons (Fsp3) is 0.476. The van der Waals surface area contributed by atoms with Gasteiger partial charge in [-0.25, -0.2) is 0 Å². The van der Waals surface area contributed by atoms with E-state index in [4.69, 9.17) is 9.47 Å². The molecule has 1 aromatic carbocycles. The van der Waals surface area contributed by atoms with Crippen LogP contribution >= 0.6 is 0 Å². The van der Waals surface area contributed by atoms with Crippen molar-refractivity contribution in [3.8, 4) is 11.5 Å². The Bertz CT molecular complexity index is 740. The summed E-state index contributed by atoms with van der Waals surface area (Å²) >= 11 is 0. The molecular weight excluding hydrogens is 342 g/mol. The molecule has 0 saturated carbocycles. The van der Waals surface area contributed by atoms with Gasteiger partial charge in [-0.15, -0.1) is 0 Å². The van der Waals surface area contributed by atoms with E-state index >= 15 is 0 Å². The molecule has 0 aliphatic carbocycles. The first kappa shape index (κ1) is 21.0. The summed E-state index contributed by atoms with van der Waals surface area (Å²) in [7, 11) is 1.61. The first-order valence-corrected chi connectivity index (χ1v) is 9.37. The maximum atomic E-state index is 10.1. The highest BCUT2D eigenvalue weighted by molar-refractivity contribution is 5.55. The largest absolute Gasteiger partial charge is 0.493 e. The Labute approximate surface area is 161 Å². The number of hydrogen-bond donors (Lipinski definition) is 2. The number of aromatic nitrogens is 2. The van der Waals surface area contributed by atoms with Crippen LogP contribution in [0, 0.1) is 13.8 Å². The third-order valence-electron chi connectivity index (χ3n) is 4.18. The number of ether oxygens (including phenoxy) is 2. The fourth-order valence-corrected chi connectivity index (χ4v) is 2.87. The van der Waals surface area contributed by atoms with Gasteiger partial charge in [0.25, 0.3) is 0 Å². The molecule has 1 heterocycles. The number of benzene rings is 1. The van der Waals surface area contributed by atoms with Crippen molar-refractivity contribution in [2.24, 2.45) is 0 Å². The molecule has 0 spiro atoms. The lowest BCUT2D eigenvalue weighted by Gasteiger charge is -2.15. The van der Waals surface area contributed by atoms with E-state index in [1.807, 2.05) is 48.9 Å². The van der Waals surface area contributed by atoms with E-state index in [2.05, 4.69) is 23.4 Å². The Morgan fingerprint density at radius 1 is 1.26 bits per heavy atom. The van der Waals surface area contributed by atoms with Gasteiger partial charge in [0.15, 0.2) is 11.5 Å². The molecule has 2 aromatic rings. The molecule has 1 aromatic heterocycles. The number of hydrogen-bond acceptors (Lipinski definition) is 5. The zero-order valence-electron chi connectivity index (χ0n) is 16.7. The predicted octanol–water partition coefficient (Wildman–Crippen LogP) is 2.96. The smallest absolute Gasteiger partial charge is 0.161 e. The summed E-state index contributed by atoms with van der Waals surface area (Å²) in [4.78, 5) is 0. The van der Waals surface area contributed by atoms with Crippen molar-refractivity contribution >= 4 is 6.08 Å². The van der Waals surface area contributed by atoms with Gasteiger partial charge in [-0.05, 0) is 57.5 Å². The van der Waals surface area contributed by atoms with E-state index in [9.17, 15) is 5.11 Å². The molecule has 0 bridgehead atoms. The second kappa shape index (κ2) is 10.7. The molecule has 0 saturated heterocycles. The van der Waals surface area contributed by atoms with Gasteiger partial charge >= 0.3 is 0 Å². The SMILES string of the molecule is C/C=C/c1ccc(OCC(O)CNCCCn2nc(C)cc2C)c(OC)c1. The average molecular weight is 373 g/mol. The average Bonchev–Trinajstić information content (AvgIpc) is 2.97. The van der Waals surface area contributed by atoms with Crippen LogP contribution in [-0.4, -0.2) is 47.8 Å². The van der Waals surface area contributed by atoms with E-state index in [0.29, 0.717) is 18.0 Å². The standard InChI is InChI=1S/C21H31N3O3/c1-5-7-18-8-9-20(21(13-18)26-4)27-15-19(25)14-22-10-6-11-24-17(3)12-16(2)23-24/h5,7-9,12-13,19,22,25H,6,10-11,14-15H2,1-4H3/b7-5+. The lowest BCUT2D eigenvalue weighted by Crippen LogP contribution is -2.32. The van der Waals surface area contributed by atoms with Gasteiger partial charge in [0.05, 0.1) is 12.8 Å². The molecule has 148 valence electrons. The highest BCUT2D eigenvalue weighted by atomic mass is 16.5. The van der Waals surface area contributed by atoms with Crippen LogP contribution in [0.3, 0.4) is 0 Å². The number of allylic oxidation sites excluding steroid dienone is 1. The summed E-state index contributed by atoms with van der Waals surface area (Å²) in [6, 6.07) is 7.82. The second-order valence-electron chi connectivity index (χ2n) is 6.58. The topological polar surface area (TPSA) is 68.5 Å². The Hall–Kier alpha value is -2.31. The zero-order valence-corrected chi connectivity index (χ0v) is 16.7. The van der Waals surface area contributed by atoms with Crippen molar-refractivity contribution in [3.63, 3.8) is 0 Å². The Balaban J connectivity index is 1.68. The fourth-order valence-electron chi connectivity index (χ4n) is 2.87. The molecule has 0 amide bonds. The van der Waals surface area contributed by atoms with Crippen LogP contribution in [0.2, 0.25) is 0 Å². The molecule has 0 aliphatic rings. The Kier molecular flexibility index (Phi) is 8.36. The minimum atomic E-state index is -0.585. The molecule has 1 unspecified atom stereocenters. The minimum absolute atomic E-state index is 0.212. The van der Waals surface area contributed by atoms with E-state index in [0.717, 1.165) is 30.8 Å². The van der Waals surface area contributed by atoms with Crippen molar-refractivity contribution in [1.29, 1.82) is 0 Å². The number of nitrogens with zero attached hydrogens (tertiary/aromatic N) is 2. The lowest BCUT2D eigenvalue weighted by molar-refractivity contribution is 0.104. The molecule has 2 rings (SSSR count). The first-order valence-electron chi connectivity index (χ1n) is 9.37. The Morgan fingerprint density at radius 2 is 2.07 bits per heavy atom. The van der Waals surface area contributed by atoms with Crippen molar-refractivity contribution in [3.05, 3.63) is 47.3 Å². The highest BCUT2D eigenvalue weighted by Crippen LogP contribution is 2.28. The van der Waals surface area contributed by atoms with Crippen LogP contribution < -0.4 is 14.8 Å². The van der Waals surface area contributed by atoms with Crippen LogP contribution in [0.5, 0.6) is 11.5 Å². The maximum Gasteiger partial charge on any atom is 0.161 e. The zero-order chi connectivity index (χ0) is 19.6. The molecule has 0 aliphatic heterocycles. The van der Waals surface area contributed by atoms with Crippen LogP contribution in [-0.2, 0) is 6.54 Å². The number of aliphatic hydroxyl groups is 1. The normalized spacial score (nSPS) is 12.5. The molecule has 6 nitrogen and oxygen atoms in total. The van der Waals surface area contributed by atoms with Crippen LogP contribution in [0.25, 0.3) is 6.08 Å². The van der Waals surface area contributed by atoms with Gasteiger partial charge in [-0.2, -0.15) is 5.10 Å². The van der Waals surface area contributed by atoms with Gasteiger partial charge in [0.1, 0.15) is 12.7 Å². The van der Waals surface area contributed by atoms with Crippen molar-refractivity contribution < 1.29 is 14.6 Å². The Morgan fingerprint density at radius 3 is 2.74 bits per heavy atom. The van der Waals surface area contributed by atoms with E-state index in [-0.39, 0.29) is 6.61 Å². The van der Waals surface area contributed by atoms with Crippen molar-refractivity contribution in [2.45, 2.75) is 39.8 Å². The predicted molar refractivity (Wildman–Crippen MR) is 108 cm³/mol. The van der Waals surface area contributed by atoms with Gasteiger partial charge in [0, 0.05) is 18.8 Å². The van der Waals surface area contributed by atoms with Crippen molar-refractivity contribution in [1.82, 2.24) is 15.1 Å². The summed E-state index contributed by atoms with van der Waals surface area (Å²) in [5.41, 5.74) is 3.27. The van der Waals surface area contributed by atoms with Gasteiger partial charge in [0.2, 0.25) is 0 Å². The molecule has 27 heavy (non-hydrogen) atoms. The molecule has 2 N–H and O–H groups in total. The summed E-state index contributed by atoms with van der Waals surface area (Å²) in [5, 5.41) is 17.8. The molecule has 6 heteroatoms. The van der Waals surface area contributed by atoms with Crippen LogP contribution in [0.1, 0.15) is 30.3 Å². The first-order chi connectivity index (χ1) is 13.0. The van der Waals surface area contributed by atoms with E-state index in [1.165, 1.54) is 5.69 Å². The van der Waals surface area contributed by atoms with Gasteiger partial charge in [-0.3, -0.25) is 4.68 Å². The van der Waals surface area contributed by atoms with Crippen LogP contribution in [0.4, 0.5) is 0 Å². The van der Waals surface area contributed by atoms with Crippen molar-refractivity contribution in [2.75, 3.05) is 26.8 Å². The molecule has 1 atom stereocenters. The second-order valence-corrected chi connectivity index (χ2v) is 6.58. The third-order valence-corrected chi connectivity index (χ3v) is 4.18. The van der Waals surface area contributed by atoms with E-state index < -0.39 is 6.10 Å². The number of methoxy groups -OCH3 is 1. The highest BCUT2D eigenvalue weighted by Gasteiger charge is 2.09.